The predicted molar refractivity (Wildman–Crippen MR) is 215 cm³/mol. The Morgan fingerprint density at radius 3 is 2.38 bits per heavy atom. The van der Waals surface area contributed by atoms with E-state index in [0.29, 0.717) is 0 Å². The molecule has 0 saturated carbocycles. The first-order chi connectivity index (χ1) is 24.4. The number of aromatic nitrogens is 3. The minimum Gasteiger partial charge on any atom is -0.351 e. The van der Waals surface area contributed by atoms with Gasteiger partial charge in [0.2, 0.25) is 0 Å². The Hall–Kier alpha value is -5.68. The van der Waals surface area contributed by atoms with Gasteiger partial charge in [0.25, 0.3) is 0 Å². The van der Waals surface area contributed by atoms with E-state index in [2.05, 4.69) is 165 Å². The summed E-state index contributed by atoms with van der Waals surface area (Å²) in [6, 6.07) is 21.0. The lowest BCUT2D eigenvalue weighted by atomic mass is 10.0. The Bertz CT molecular complexity index is 2160. The molecule has 0 radical (unpaired) electrons. The van der Waals surface area contributed by atoms with Crippen molar-refractivity contribution in [3.05, 3.63) is 156 Å². The maximum absolute atomic E-state index is 5.59. The van der Waals surface area contributed by atoms with Crippen molar-refractivity contribution in [1.29, 1.82) is 0 Å². The van der Waals surface area contributed by atoms with Crippen LogP contribution in [0.25, 0.3) is 41.3 Å². The van der Waals surface area contributed by atoms with E-state index in [1.165, 1.54) is 0 Å². The van der Waals surface area contributed by atoms with Gasteiger partial charge < -0.3 is 9.47 Å². The average molecular weight is 658 g/mol. The minimum absolute atomic E-state index is 0.0374. The Morgan fingerprint density at radius 1 is 0.960 bits per heavy atom. The molecule has 1 aliphatic carbocycles. The summed E-state index contributed by atoms with van der Waals surface area (Å²) in [5.74, 6) is 1.88. The van der Waals surface area contributed by atoms with Gasteiger partial charge in [0.15, 0.2) is 11.6 Å². The van der Waals surface area contributed by atoms with Gasteiger partial charge in [-0.15, -0.1) is 0 Å². The molecule has 2 aliphatic rings. The fraction of sp³-hybridized carbons (Fsp3) is 0.200. The van der Waals surface area contributed by atoms with Gasteiger partial charge in [-0.05, 0) is 70.0 Å². The van der Waals surface area contributed by atoms with Crippen molar-refractivity contribution >= 4 is 47.3 Å². The first-order valence-electron chi connectivity index (χ1n) is 17.5. The number of fused-ring (bicyclic) bond motifs is 2. The summed E-state index contributed by atoms with van der Waals surface area (Å²) in [4.78, 5) is 15.7. The lowest BCUT2D eigenvalue weighted by molar-refractivity contribution is 0.725. The van der Waals surface area contributed by atoms with E-state index in [9.17, 15) is 0 Å². The molecule has 5 heteroatoms. The third kappa shape index (κ3) is 6.51. The molecular weight excluding hydrogens is 611 g/mol. The fourth-order valence-corrected chi connectivity index (χ4v) is 6.89. The third-order valence-corrected chi connectivity index (χ3v) is 9.46. The van der Waals surface area contributed by atoms with E-state index >= 15 is 0 Å². The Balaban J connectivity index is 1.57. The first kappa shape index (κ1) is 34.2. The van der Waals surface area contributed by atoms with Gasteiger partial charge >= 0.3 is 0 Å². The monoisotopic (exact) mass is 657 g/mol. The highest BCUT2D eigenvalue weighted by Crippen LogP contribution is 2.40. The van der Waals surface area contributed by atoms with Crippen LogP contribution in [0, 0.1) is 0 Å². The summed E-state index contributed by atoms with van der Waals surface area (Å²) in [5.41, 5.74) is 8.22. The van der Waals surface area contributed by atoms with E-state index in [4.69, 9.17) is 9.97 Å². The second-order valence-corrected chi connectivity index (χ2v) is 12.8. The van der Waals surface area contributed by atoms with Crippen LogP contribution >= 0.6 is 0 Å². The second kappa shape index (κ2) is 15.3. The van der Waals surface area contributed by atoms with Gasteiger partial charge in [0, 0.05) is 51.7 Å². The smallest absolute Gasteiger partial charge is 0.160 e. The van der Waals surface area contributed by atoms with Gasteiger partial charge in [0.05, 0.1) is 17.4 Å². The molecule has 0 amide bonds. The molecule has 3 heterocycles. The molecule has 0 N–H and O–H groups in total. The molecule has 50 heavy (non-hydrogen) atoms. The zero-order chi connectivity index (χ0) is 35.2. The zero-order valence-corrected chi connectivity index (χ0v) is 29.9. The first-order valence-corrected chi connectivity index (χ1v) is 17.5. The van der Waals surface area contributed by atoms with Gasteiger partial charge in [-0.3, -0.25) is 4.90 Å². The van der Waals surface area contributed by atoms with Crippen molar-refractivity contribution < 1.29 is 0 Å². The fourth-order valence-electron chi connectivity index (χ4n) is 6.89. The Morgan fingerprint density at radius 2 is 1.70 bits per heavy atom. The van der Waals surface area contributed by atoms with E-state index < -0.39 is 0 Å². The zero-order valence-electron chi connectivity index (χ0n) is 29.9. The van der Waals surface area contributed by atoms with Crippen LogP contribution < -0.4 is 20.4 Å². The van der Waals surface area contributed by atoms with E-state index in [1.807, 2.05) is 31.2 Å². The van der Waals surface area contributed by atoms with Gasteiger partial charge in [-0.1, -0.05) is 117 Å². The van der Waals surface area contributed by atoms with Gasteiger partial charge in [0.1, 0.15) is 5.69 Å². The molecule has 2 aromatic carbocycles. The number of allylic oxidation sites excluding steroid dienone is 10. The van der Waals surface area contributed by atoms with Crippen LogP contribution in [0.3, 0.4) is 0 Å². The van der Waals surface area contributed by atoms with Crippen LogP contribution in [-0.2, 0) is 0 Å². The van der Waals surface area contributed by atoms with Crippen molar-refractivity contribution in [3.8, 4) is 11.3 Å². The quantitative estimate of drug-likeness (QED) is 0.168. The van der Waals surface area contributed by atoms with Crippen LogP contribution in [0.5, 0.6) is 0 Å². The summed E-state index contributed by atoms with van der Waals surface area (Å²) in [5, 5.41) is 2.31. The maximum Gasteiger partial charge on any atom is 0.160 e. The molecule has 2 aromatic heterocycles. The van der Waals surface area contributed by atoms with Crippen molar-refractivity contribution in [2.45, 2.75) is 52.5 Å². The molecule has 2 atom stereocenters. The average Bonchev–Trinajstić information content (AvgIpc) is 3.48. The summed E-state index contributed by atoms with van der Waals surface area (Å²) in [7, 11) is 2.15. The summed E-state index contributed by atoms with van der Waals surface area (Å²) < 4.78 is 2.29. The van der Waals surface area contributed by atoms with Gasteiger partial charge in [-0.2, -0.15) is 0 Å². The van der Waals surface area contributed by atoms with Crippen LogP contribution in [0.2, 0.25) is 0 Å². The number of para-hydroxylation sites is 1. The highest BCUT2D eigenvalue weighted by molar-refractivity contribution is 5.79. The predicted octanol–water partition coefficient (Wildman–Crippen LogP) is 9.80. The minimum atomic E-state index is 0.0374. The van der Waals surface area contributed by atoms with Crippen LogP contribution in [0.1, 0.15) is 63.4 Å². The number of hydrogen-bond donors (Lipinski definition) is 0. The molecule has 252 valence electrons. The maximum atomic E-state index is 5.59. The normalized spacial score (nSPS) is 19.3. The number of anilines is 3. The lowest BCUT2D eigenvalue weighted by Crippen LogP contribution is -2.40. The standard InChI is InChI=1S/C45H47N5/c1-8-12-26-35(10-3)50-40(21-9-2)38(11-4)39-31-37(29-30-41(39)50)48(7)44-43(34-24-15-13-16-25-34)47-45-42(46-44)32(5)22-19-20-23-33(6)49(45)36-27-17-14-18-28-36/h8-21,23-28,30-32,37H,3-4,22,29H2,1-2,5-7H3/b12-8-,20-19-,21-9-,33-23+,35-26+. The summed E-state index contributed by atoms with van der Waals surface area (Å²) in [6.45, 7) is 16.9. The molecule has 0 bridgehead atoms. The molecular formula is C45H47N5. The largest absolute Gasteiger partial charge is 0.351 e. The van der Waals surface area contributed by atoms with E-state index in [1.54, 1.807) is 0 Å². The molecule has 6 rings (SSSR count). The highest BCUT2D eigenvalue weighted by Gasteiger charge is 2.29. The van der Waals surface area contributed by atoms with E-state index in [-0.39, 0.29) is 12.0 Å². The van der Waals surface area contributed by atoms with Crippen LogP contribution in [-0.4, -0.2) is 27.6 Å². The van der Waals surface area contributed by atoms with Gasteiger partial charge in [-0.25, -0.2) is 9.97 Å². The number of rotatable bonds is 9. The third-order valence-electron chi connectivity index (χ3n) is 9.46. The molecule has 2 unspecified atom stereocenters. The molecule has 5 nitrogen and oxygen atoms in total. The Labute approximate surface area is 297 Å². The van der Waals surface area contributed by atoms with Crippen LogP contribution in [0.15, 0.2) is 128 Å². The molecule has 1 aliphatic heterocycles. The molecule has 4 aromatic rings. The summed E-state index contributed by atoms with van der Waals surface area (Å²) in [6.07, 6.45) is 27.3. The number of hydrogen-bond acceptors (Lipinski definition) is 4. The number of benzene rings is 2. The lowest BCUT2D eigenvalue weighted by Gasteiger charge is -2.32. The molecule has 0 saturated heterocycles. The topological polar surface area (TPSA) is 37.2 Å². The van der Waals surface area contributed by atoms with Crippen molar-refractivity contribution in [2.24, 2.45) is 0 Å². The molecule has 0 fully saturated rings. The summed E-state index contributed by atoms with van der Waals surface area (Å²) >= 11 is 0. The number of nitrogens with zero attached hydrogens (tertiary/aromatic N) is 5. The van der Waals surface area contributed by atoms with Crippen molar-refractivity contribution in [2.75, 3.05) is 16.8 Å². The SMILES string of the molecule is C=C/C(=C\C=C/C)n1c(/C=C\C)c(C=C)c2c1=CCC(N(C)c1nc3c(nc1-c1ccccc1)N(c1ccccc1)/C(C)=C/C=C\CC3C)C=2. The van der Waals surface area contributed by atoms with E-state index in [0.717, 1.165) is 80.3 Å². The van der Waals surface area contributed by atoms with Crippen LogP contribution in [0.4, 0.5) is 17.3 Å². The second-order valence-electron chi connectivity index (χ2n) is 12.8. The van der Waals surface area contributed by atoms with Crippen molar-refractivity contribution in [3.63, 3.8) is 0 Å². The van der Waals surface area contributed by atoms with Crippen molar-refractivity contribution in [1.82, 2.24) is 14.5 Å². The molecule has 0 spiro atoms. The Kier molecular flexibility index (Phi) is 10.4. The highest BCUT2D eigenvalue weighted by atomic mass is 15.3.